The van der Waals surface area contributed by atoms with Crippen LogP contribution in [0, 0.1) is 6.92 Å². The fraction of sp³-hybridized carbons (Fsp3) is 0.200. The maximum Gasteiger partial charge on any atom is 0.134 e. The minimum atomic E-state index is 0.465. The summed E-state index contributed by atoms with van der Waals surface area (Å²) in [6.45, 7) is 2.63. The maximum atomic E-state index is 5.91. The highest BCUT2D eigenvalue weighted by molar-refractivity contribution is 6.29. The summed E-state index contributed by atoms with van der Waals surface area (Å²) >= 11 is 5.91. The highest BCUT2D eigenvalue weighted by Gasteiger charge is 2.03. The molecule has 2 heterocycles. The van der Waals surface area contributed by atoms with Gasteiger partial charge in [-0.3, -0.25) is 0 Å². The van der Waals surface area contributed by atoms with Gasteiger partial charge in [-0.2, -0.15) is 0 Å². The lowest BCUT2D eigenvalue weighted by Crippen LogP contribution is -2.07. The largest absolute Gasteiger partial charge is 0.370 e. The van der Waals surface area contributed by atoms with Crippen molar-refractivity contribution in [2.24, 2.45) is 0 Å². The smallest absolute Gasteiger partial charge is 0.134 e. The second-order valence-electron chi connectivity index (χ2n) is 4.66. The first-order chi connectivity index (χ1) is 9.72. The fourth-order valence-electron chi connectivity index (χ4n) is 2.29. The second kappa shape index (κ2) is 5.51. The van der Waals surface area contributed by atoms with Crippen LogP contribution in [0.15, 0.2) is 36.5 Å². The first-order valence-electron chi connectivity index (χ1n) is 6.52. The Bertz CT molecular complexity index is 715. The van der Waals surface area contributed by atoms with E-state index < -0.39 is 0 Å². The van der Waals surface area contributed by atoms with Crippen molar-refractivity contribution in [3.63, 3.8) is 0 Å². The van der Waals surface area contributed by atoms with E-state index in [0.29, 0.717) is 11.0 Å². The number of aromatic nitrogens is 3. The number of para-hydroxylation sites is 1. The van der Waals surface area contributed by atoms with Crippen LogP contribution in [0.5, 0.6) is 0 Å². The normalized spacial score (nSPS) is 10.9. The molecule has 0 aliphatic rings. The zero-order valence-electron chi connectivity index (χ0n) is 11.2. The number of halogens is 1. The Hall–Kier alpha value is -2.07. The summed E-state index contributed by atoms with van der Waals surface area (Å²) in [6, 6.07) is 10.0. The molecule has 5 heteroatoms. The quantitative estimate of drug-likeness (QED) is 0.721. The lowest BCUT2D eigenvalue weighted by Gasteiger charge is -2.06. The van der Waals surface area contributed by atoms with E-state index in [1.165, 1.54) is 16.5 Å². The lowest BCUT2D eigenvalue weighted by atomic mass is 10.1. The van der Waals surface area contributed by atoms with Gasteiger partial charge in [0.25, 0.3) is 0 Å². The van der Waals surface area contributed by atoms with Crippen molar-refractivity contribution in [1.82, 2.24) is 15.0 Å². The zero-order chi connectivity index (χ0) is 13.9. The van der Waals surface area contributed by atoms with Crippen LogP contribution in [-0.2, 0) is 6.42 Å². The van der Waals surface area contributed by atoms with E-state index in [2.05, 4.69) is 44.7 Å². The van der Waals surface area contributed by atoms with Gasteiger partial charge in [-0.1, -0.05) is 29.8 Å². The topological polar surface area (TPSA) is 53.6 Å². The molecule has 102 valence electrons. The average Bonchev–Trinajstić information content (AvgIpc) is 2.81. The van der Waals surface area contributed by atoms with Gasteiger partial charge in [0.05, 0.1) is 0 Å². The van der Waals surface area contributed by atoms with Crippen molar-refractivity contribution in [3.05, 3.63) is 53.1 Å². The molecule has 0 saturated heterocycles. The van der Waals surface area contributed by atoms with Crippen LogP contribution in [0.3, 0.4) is 0 Å². The van der Waals surface area contributed by atoms with Gasteiger partial charge in [0.2, 0.25) is 0 Å². The number of benzene rings is 1. The monoisotopic (exact) mass is 286 g/mol. The van der Waals surface area contributed by atoms with E-state index in [0.717, 1.165) is 18.8 Å². The number of nitrogens with zero attached hydrogens (tertiary/aromatic N) is 2. The molecule has 0 atom stereocenters. The van der Waals surface area contributed by atoms with Crippen LogP contribution in [0.1, 0.15) is 11.4 Å². The lowest BCUT2D eigenvalue weighted by molar-refractivity contribution is 0.986. The number of anilines is 1. The van der Waals surface area contributed by atoms with Crippen molar-refractivity contribution in [2.45, 2.75) is 13.3 Å². The highest BCUT2D eigenvalue weighted by atomic mass is 35.5. The van der Waals surface area contributed by atoms with Crippen LogP contribution >= 0.6 is 11.6 Å². The van der Waals surface area contributed by atoms with Gasteiger partial charge in [-0.15, -0.1) is 0 Å². The molecule has 0 radical (unpaired) electrons. The Morgan fingerprint density at radius 1 is 1.25 bits per heavy atom. The summed E-state index contributed by atoms with van der Waals surface area (Å²) in [5, 5.41) is 5.01. The van der Waals surface area contributed by atoms with Gasteiger partial charge in [0, 0.05) is 29.7 Å². The number of hydrogen-bond donors (Lipinski definition) is 2. The molecule has 2 N–H and O–H groups in total. The molecule has 0 fully saturated rings. The van der Waals surface area contributed by atoms with Gasteiger partial charge in [0.1, 0.15) is 16.8 Å². The van der Waals surface area contributed by atoms with Crippen molar-refractivity contribution in [2.75, 3.05) is 11.9 Å². The van der Waals surface area contributed by atoms with Crippen molar-refractivity contribution >= 4 is 28.3 Å². The predicted molar refractivity (Wildman–Crippen MR) is 82.3 cm³/mol. The predicted octanol–water partition coefficient (Wildman–Crippen LogP) is 3.57. The standard InChI is InChI=1S/C15H15ClN4/c1-10-19-14(16)8-15(20-10)17-7-6-11-9-18-13-5-3-2-4-12(11)13/h2-5,8-9,18H,6-7H2,1H3,(H,17,19,20). The Morgan fingerprint density at radius 3 is 2.95 bits per heavy atom. The van der Waals surface area contributed by atoms with Crippen LogP contribution in [0.2, 0.25) is 5.15 Å². The molecular formula is C15H15ClN4. The van der Waals surface area contributed by atoms with Gasteiger partial charge in [-0.05, 0) is 25.0 Å². The summed E-state index contributed by atoms with van der Waals surface area (Å²) in [5.74, 6) is 1.44. The van der Waals surface area contributed by atoms with E-state index in [4.69, 9.17) is 11.6 Å². The van der Waals surface area contributed by atoms with E-state index >= 15 is 0 Å². The first kappa shape index (κ1) is 12.9. The second-order valence-corrected chi connectivity index (χ2v) is 5.05. The maximum absolute atomic E-state index is 5.91. The molecule has 0 spiro atoms. The van der Waals surface area contributed by atoms with E-state index in [1.807, 2.05) is 13.0 Å². The van der Waals surface area contributed by atoms with Crippen LogP contribution in [0.4, 0.5) is 5.82 Å². The number of nitrogens with one attached hydrogen (secondary N) is 2. The van der Waals surface area contributed by atoms with Gasteiger partial charge in [-0.25, -0.2) is 9.97 Å². The number of rotatable bonds is 4. The molecule has 0 amide bonds. The van der Waals surface area contributed by atoms with Gasteiger partial charge >= 0.3 is 0 Å². The summed E-state index contributed by atoms with van der Waals surface area (Å²) in [4.78, 5) is 11.6. The van der Waals surface area contributed by atoms with Crippen molar-refractivity contribution < 1.29 is 0 Å². The summed E-state index contributed by atoms with van der Waals surface area (Å²) < 4.78 is 0. The number of H-pyrrole nitrogens is 1. The van der Waals surface area contributed by atoms with E-state index in [1.54, 1.807) is 6.07 Å². The molecule has 1 aromatic carbocycles. The third-order valence-electron chi connectivity index (χ3n) is 3.18. The third kappa shape index (κ3) is 2.75. The van der Waals surface area contributed by atoms with Crippen LogP contribution in [0.25, 0.3) is 10.9 Å². The molecule has 0 unspecified atom stereocenters. The third-order valence-corrected chi connectivity index (χ3v) is 3.38. The Morgan fingerprint density at radius 2 is 2.10 bits per heavy atom. The molecule has 0 aliphatic heterocycles. The zero-order valence-corrected chi connectivity index (χ0v) is 11.9. The van der Waals surface area contributed by atoms with E-state index in [9.17, 15) is 0 Å². The summed E-state index contributed by atoms with van der Waals surface area (Å²) in [5.41, 5.74) is 2.47. The molecule has 4 nitrogen and oxygen atoms in total. The molecule has 20 heavy (non-hydrogen) atoms. The molecular weight excluding hydrogens is 272 g/mol. The summed E-state index contributed by atoms with van der Waals surface area (Å²) in [7, 11) is 0. The highest BCUT2D eigenvalue weighted by Crippen LogP contribution is 2.18. The molecule has 3 rings (SSSR count). The fourth-order valence-corrected chi connectivity index (χ4v) is 2.51. The molecule has 0 saturated carbocycles. The number of hydrogen-bond acceptors (Lipinski definition) is 3. The van der Waals surface area contributed by atoms with E-state index in [-0.39, 0.29) is 0 Å². The Balaban J connectivity index is 1.68. The van der Waals surface area contributed by atoms with Crippen molar-refractivity contribution in [1.29, 1.82) is 0 Å². The minimum Gasteiger partial charge on any atom is -0.370 e. The number of aryl methyl sites for hydroxylation is 1. The first-order valence-corrected chi connectivity index (χ1v) is 6.90. The molecule has 3 aromatic rings. The molecule has 0 aliphatic carbocycles. The van der Waals surface area contributed by atoms with Gasteiger partial charge < -0.3 is 10.3 Å². The Labute approximate surface area is 122 Å². The van der Waals surface area contributed by atoms with Crippen LogP contribution < -0.4 is 5.32 Å². The van der Waals surface area contributed by atoms with Gasteiger partial charge in [0.15, 0.2) is 0 Å². The molecule has 2 aromatic heterocycles. The van der Waals surface area contributed by atoms with Crippen molar-refractivity contribution in [3.8, 4) is 0 Å². The molecule has 0 bridgehead atoms. The Kier molecular flexibility index (Phi) is 3.56. The minimum absolute atomic E-state index is 0.465. The average molecular weight is 287 g/mol. The number of fused-ring (bicyclic) bond motifs is 1. The SMILES string of the molecule is Cc1nc(Cl)cc(NCCc2c[nH]c3ccccc23)n1. The summed E-state index contributed by atoms with van der Waals surface area (Å²) in [6.07, 6.45) is 2.98. The number of aromatic amines is 1. The van der Waals surface area contributed by atoms with Crippen LogP contribution in [-0.4, -0.2) is 21.5 Å².